The first kappa shape index (κ1) is 88.4. The molecule has 8 heteroatoms. The van der Waals surface area contributed by atoms with Gasteiger partial charge in [-0.25, -0.2) is 0 Å². The van der Waals surface area contributed by atoms with Crippen LogP contribution in [-0.4, -0.2) is 48.7 Å². The summed E-state index contributed by atoms with van der Waals surface area (Å²) in [5, 5.41) is 36.0. The van der Waals surface area contributed by atoms with E-state index in [1.54, 1.807) is 0 Å². The van der Waals surface area contributed by atoms with Gasteiger partial charge in [0.1, 0.15) is 11.4 Å². The molecule has 0 saturated heterocycles. The van der Waals surface area contributed by atoms with Crippen molar-refractivity contribution in [3.63, 3.8) is 0 Å². The molecule has 2 heterocycles. The summed E-state index contributed by atoms with van der Waals surface area (Å²) >= 11 is 0. The number of phenolic OH excluding ortho intramolecular Hbond substituents is 2. The summed E-state index contributed by atoms with van der Waals surface area (Å²) in [5.41, 5.74) is 16.9. The molecular formula is C105H150N2O4Si2. The van der Waals surface area contributed by atoms with Gasteiger partial charge in [-0.2, -0.15) is 0 Å². The maximum Gasteiger partial charge on any atom is 0.151 e. The topological polar surface area (TPSA) is 68.8 Å². The minimum absolute atomic E-state index is 0.0744. The quantitative estimate of drug-likeness (QED) is 0.0348. The van der Waals surface area contributed by atoms with E-state index in [4.69, 9.17) is 9.47 Å². The summed E-state index contributed by atoms with van der Waals surface area (Å²) < 4.78 is 20.5. The van der Waals surface area contributed by atoms with Gasteiger partial charge in [0.2, 0.25) is 0 Å². The Labute approximate surface area is 688 Å². The summed E-state index contributed by atoms with van der Waals surface area (Å²) in [4.78, 5) is 0. The summed E-state index contributed by atoms with van der Waals surface area (Å²) in [6.07, 6.45) is 17.6. The third-order valence-corrected chi connectivity index (χ3v) is 31.6. The van der Waals surface area contributed by atoms with E-state index in [9.17, 15) is 10.2 Å². The fraction of sp³-hybridized carbons (Fsp3) is 0.543. The first-order chi connectivity index (χ1) is 52.4. The fourth-order valence-corrected chi connectivity index (χ4v) is 23.9. The van der Waals surface area contributed by atoms with Crippen LogP contribution < -0.4 is 19.8 Å². The number of phenols is 2. The Balaban J connectivity index is 1.23. The average molecular weight is 1560 g/mol. The van der Waals surface area contributed by atoms with Crippen molar-refractivity contribution in [2.45, 2.75) is 347 Å². The van der Waals surface area contributed by atoms with Crippen LogP contribution >= 0.6 is 0 Å². The van der Waals surface area contributed by atoms with Crippen molar-refractivity contribution in [2.75, 3.05) is 13.2 Å². The number of unbranched alkanes of at least 4 members (excludes halogenated alkanes) is 10. The van der Waals surface area contributed by atoms with Gasteiger partial charge in [-0.05, 0) is 140 Å². The molecular weight excluding hydrogens is 1410 g/mol. The highest BCUT2D eigenvalue weighted by atomic mass is 28.3. The summed E-state index contributed by atoms with van der Waals surface area (Å²) in [6.45, 7) is 71.2. The molecule has 0 unspecified atom stereocenters. The van der Waals surface area contributed by atoms with E-state index in [0.29, 0.717) is 29.3 Å². The van der Waals surface area contributed by atoms with Crippen molar-refractivity contribution in [2.24, 2.45) is 10.8 Å². The first-order valence-electron chi connectivity index (χ1n) is 43.9. The van der Waals surface area contributed by atoms with Crippen molar-refractivity contribution in [3.8, 4) is 56.6 Å². The van der Waals surface area contributed by atoms with Gasteiger partial charge in [0.25, 0.3) is 0 Å². The predicted molar refractivity (Wildman–Crippen MR) is 500 cm³/mol. The van der Waals surface area contributed by atoms with Gasteiger partial charge in [0, 0.05) is 50.2 Å². The van der Waals surface area contributed by atoms with Gasteiger partial charge in [-0.3, -0.25) is 0 Å². The standard InChI is InChI=1S/C105H150N2O4Si2/c1-31-33-35-37-39-41-54-112(27,28)78-58-70(3)56-72(60-78)84-66-86(104(23,24)68-98(5,6)7)96(92(94(84)108)106-88-62-74(100(11,12)13)44-48-80(88)81-49-45-75(63-89(81)106)101(14,15)16)110-52-43-53-111-97-87(105(25,26)69-99(8,9)10)67-85(73-57-71(4)59-79(61-73)113(29,30)55-42-40-38-36-34-32-2)95(109)93(97)107-90-64-76(102(17,18)19)46-50-82(90)83-51-47-77(65-91(83)107)103(20,21)22/h44-51,56-67,108-109H,31-43,52-55,68-69H2,1-30H3. The molecule has 0 atom stereocenters. The second kappa shape index (κ2) is 33.5. The normalized spacial score (nSPS) is 13.4. The number of benzene rings is 8. The Morgan fingerprint density at radius 1 is 0.336 bits per heavy atom. The van der Waals surface area contributed by atoms with Crippen LogP contribution in [0.2, 0.25) is 38.3 Å². The number of fused-ring (bicyclic) bond motifs is 6. The molecule has 0 aliphatic carbocycles. The molecule has 0 radical (unpaired) electrons. The fourth-order valence-electron chi connectivity index (χ4n) is 18.7. The van der Waals surface area contributed by atoms with E-state index in [1.807, 2.05) is 0 Å². The Hall–Kier alpha value is -7.01. The maximum absolute atomic E-state index is 14.3. The third kappa shape index (κ3) is 20.2. The monoisotopic (exact) mass is 1560 g/mol. The van der Waals surface area contributed by atoms with Crippen molar-refractivity contribution in [1.82, 2.24) is 9.13 Å². The Bertz CT molecular complexity index is 4580. The van der Waals surface area contributed by atoms with Crippen LogP contribution in [-0.2, 0) is 32.5 Å². The molecule has 2 N–H and O–H groups in total. The van der Waals surface area contributed by atoms with E-state index in [0.717, 1.165) is 89.8 Å². The largest absolute Gasteiger partial charge is 0.505 e. The molecule has 0 saturated carbocycles. The Morgan fingerprint density at radius 3 is 0.894 bits per heavy atom. The smallest absolute Gasteiger partial charge is 0.151 e. The number of hydrogen-bond acceptors (Lipinski definition) is 4. The highest BCUT2D eigenvalue weighted by Crippen LogP contribution is 2.55. The molecule has 0 amide bonds. The minimum atomic E-state index is -1.96. The number of hydrogen-bond donors (Lipinski definition) is 2. The molecule has 0 aliphatic rings. The van der Waals surface area contributed by atoms with Crippen molar-refractivity contribution >= 4 is 70.1 Å². The number of ether oxygens (including phenoxy) is 2. The SMILES string of the molecule is CCCCCCCC[Si](C)(C)c1cc(C)cc(-c2cc(C(C)(C)CC(C)(C)C)c(OCCCOc3c(C(C)(C)CC(C)(C)C)cc(-c4cc(C)cc([Si](C)(C)CCCCCCCC)c4)c(O)c3-n3c4cc(C(C)(C)C)ccc4c4ccc(C(C)(C)C)cc43)c(-n3c4cc(C(C)(C)C)ccc4c4ccc(C(C)(C)C)cc43)c2O)c1. The zero-order chi connectivity index (χ0) is 83.3. The second-order valence-electron chi connectivity index (χ2n) is 43.9. The Morgan fingerprint density at radius 2 is 0.619 bits per heavy atom. The lowest BCUT2D eigenvalue weighted by Crippen LogP contribution is -2.41. The van der Waals surface area contributed by atoms with Gasteiger partial charge in [-0.1, -0.05) is 388 Å². The van der Waals surface area contributed by atoms with Crippen LogP contribution in [0.1, 0.15) is 307 Å². The van der Waals surface area contributed by atoms with E-state index >= 15 is 0 Å². The third-order valence-electron chi connectivity index (χ3n) is 24.7. The molecule has 8 aromatic carbocycles. The minimum Gasteiger partial charge on any atom is -0.505 e. The zero-order valence-corrected chi connectivity index (χ0v) is 78.6. The van der Waals surface area contributed by atoms with E-state index in [2.05, 4.69) is 337 Å². The average Bonchev–Trinajstić information content (AvgIpc) is 1.58. The highest BCUT2D eigenvalue weighted by molar-refractivity contribution is 6.90. The number of aromatic hydroxyl groups is 2. The van der Waals surface area contributed by atoms with Crippen molar-refractivity contribution in [1.29, 1.82) is 0 Å². The number of aryl methyl sites for hydroxylation is 2. The molecule has 0 bridgehead atoms. The summed E-state index contributed by atoms with van der Waals surface area (Å²) in [6, 6.07) is 49.6. The van der Waals surface area contributed by atoms with Crippen LogP contribution in [0.4, 0.5) is 0 Å². The summed E-state index contributed by atoms with van der Waals surface area (Å²) in [7, 11) is -3.91. The zero-order valence-electron chi connectivity index (χ0n) is 76.6. The molecule has 2 aromatic heterocycles. The van der Waals surface area contributed by atoms with Crippen LogP contribution in [0.15, 0.2) is 121 Å². The second-order valence-corrected chi connectivity index (χ2v) is 53.6. The van der Waals surface area contributed by atoms with Crippen LogP contribution in [0.5, 0.6) is 23.0 Å². The van der Waals surface area contributed by atoms with E-state index in [1.165, 1.54) is 133 Å². The highest BCUT2D eigenvalue weighted by Gasteiger charge is 2.39. The lowest BCUT2D eigenvalue weighted by molar-refractivity contribution is 0.229. The maximum atomic E-state index is 14.3. The van der Waals surface area contributed by atoms with Crippen molar-refractivity contribution in [3.05, 3.63) is 166 Å². The van der Waals surface area contributed by atoms with Crippen LogP contribution in [0, 0.1) is 24.7 Å². The van der Waals surface area contributed by atoms with Crippen LogP contribution in [0.25, 0.3) is 77.2 Å². The van der Waals surface area contributed by atoms with Gasteiger partial charge >= 0.3 is 0 Å². The Kier molecular flexibility index (Phi) is 26.2. The van der Waals surface area contributed by atoms with E-state index < -0.39 is 27.0 Å². The first-order valence-corrected chi connectivity index (χ1v) is 50.3. The van der Waals surface area contributed by atoms with Gasteiger partial charge in [0.05, 0.1) is 51.4 Å². The number of rotatable bonds is 30. The molecule has 612 valence electrons. The van der Waals surface area contributed by atoms with Gasteiger partial charge in [-0.15, -0.1) is 0 Å². The number of nitrogens with zero attached hydrogens (tertiary/aromatic N) is 2. The predicted octanol–water partition coefficient (Wildman–Crippen LogP) is 30.3. The van der Waals surface area contributed by atoms with Crippen LogP contribution in [0.3, 0.4) is 0 Å². The van der Waals surface area contributed by atoms with E-state index in [-0.39, 0.29) is 57.2 Å². The lowest BCUT2D eigenvalue weighted by atomic mass is 9.71. The molecule has 0 spiro atoms. The van der Waals surface area contributed by atoms with Gasteiger partial charge in [0.15, 0.2) is 23.0 Å². The lowest BCUT2D eigenvalue weighted by Gasteiger charge is -2.36. The number of aromatic nitrogens is 2. The summed E-state index contributed by atoms with van der Waals surface area (Å²) in [5.74, 6) is 1.80. The molecule has 10 rings (SSSR count). The molecule has 0 aliphatic heterocycles. The molecule has 10 aromatic rings. The van der Waals surface area contributed by atoms with Gasteiger partial charge < -0.3 is 28.8 Å². The molecule has 6 nitrogen and oxygen atoms in total. The van der Waals surface area contributed by atoms with Crippen molar-refractivity contribution < 1.29 is 19.7 Å². The molecule has 0 fully saturated rings. The molecule has 113 heavy (non-hydrogen) atoms.